The molecule has 3 aromatic rings. The minimum absolute atomic E-state index is 0.427. The van der Waals surface area contributed by atoms with Gasteiger partial charge in [0.1, 0.15) is 0 Å². The maximum Gasteiger partial charge on any atom is 0.175 e. The van der Waals surface area contributed by atoms with Crippen LogP contribution in [0.25, 0.3) is 12.2 Å². The molecule has 3 rings (SSSR count). The molecule has 2 N–H and O–H groups in total. The summed E-state index contributed by atoms with van der Waals surface area (Å²) in [5, 5.41) is 7.15. The third kappa shape index (κ3) is 5.50. The number of aromatic nitrogens is 1. The van der Waals surface area contributed by atoms with Crippen molar-refractivity contribution >= 4 is 40.9 Å². The number of pyridine rings is 1. The minimum atomic E-state index is 0.427. The molecule has 2 aromatic carbocycles. The van der Waals surface area contributed by atoms with Crippen LogP contribution >= 0.6 is 12.2 Å². The van der Waals surface area contributed by atoms with E-state index in [4.69, 9.17) is 12.2 Å². The summed E-state index contributed by atoms with van der Waals surface area (Å²) in [7, 11) is 0. The van der Waals surface area contributed by atoms with Gasteiger partial charge in [0.25, 0.3) is 0 Å². The Labute approximate surface area is 166 Å². The lowest BCUT2D eigenvalue weighted by Gasteiger charge is -2.16. The highest BCUT2D eigenvalue weighted by molar-refractivity contribution is 7.80. The van der Waals surface area contributed by atoms with Gasteiger partial charge in [-0.25, -0.2) is 0 Å². The molecule has 0 fully saturated rings. The normalized spacial score (nSPS) is 10.9. The Balaban J connectivity index is 1.68. The van der Waals surface area contributed by atoms with E-state index >= 15 is 0 Å². The molecule has 0 spiro atoms. The quantitative estimate of drug-likeness (QED) is 0.523. The van der Waals surface area contributed by atoms with Crippen LogP contribution in [-0.4, -0.2) is 10.1 Å². The SMILES string of the molecule is CC(C)c1ccccc1NC(=S)Nc1cccc(/C=C/c2ccccn2)c1. The van der Waals surface area contributed by atoms with E-state index in [2.05, 4.69) is 53.7 Å². The van der Waals surface area contributed by atoms with Gasteiger partial charge in [-0.15, -0.1) is 0 Å². The monoisotopic (exact) mass is 373 g/mol. The highest BCUT2D eigenvalue weighted by Gasteiger charge is 2.07. The molecule has 0 radical (unpaired) electrons. The number of nitrogens with one attached hydrogen (secondary N) is 2. The van der Waals surface area contributed by atoms with Gasteiger partial charge >= 0.3 is 0 Å². The maximum absolute atomic E-state index is 5.50. The molecule has 136 valence electrons. The zero-order valence-corrected chi connectivity index (χ0v) is 16.3. The van der Waals surface area contributed by atoms with Crippen LogP contribution in [0, 0.1) is 0 Å². The summed E-state index contributed by atoms with van der Waals surface area (Å²) in [6.07, 6.45) is 5.82. The average Bonchev–Trinajstić information content (AvgIpc) is 2.67. The molecular formula is C23H23N3S. The molecule has 4 heteroatoms. The first-order valence-electron chi connectivity index (χ1n) is 8.98. The summed E-state index contributed by atoms with van der Waals surface area (Å²) in [4.78, 5) is 4.30. The van der Waals surface area contributed by atoms with Crippen LogP contribution in [0.5, 0.6) is 0 Å². The van der Waals surface area contributed by atoms with Crippen molar-refractivity contribution in [1.82, 2.24) is 4.98 Å². The molecule has 1 aromatic heterocycles. The Morgan fingerprint density at radius 3 is 2.52 bits per heavy atom. The summed E-state index contributed by atoms with van der Waals surface area (Å²) < 4.78 is 0. The van der Waals surface area contributed by atoms with Crippen LogP contribution in [0.4, 0.5) is 11.4 Å². The lowest BCUT2D eigenvalue weighted by Crippen LogP contribution is -2.20. The molecule has 0 bridgehead atoms. The van der Waals surface area contributed by atoms with E-state index in [1.807, 2.05) is 54.6 Å². The smallest absolute Gasteiger partial charge is 0.175 e. The fraction of sp³-hybridized carbons (Fsp3) is 0.130. The lowest BCUT2D eigenvalue weighted by atomic mass is 10.0. The Morgan fingerprint density at radius 2 is 1.74 bits per heavy atom. The van der Waals surface area contributed by atoms with Crippen molar-refractivity contribution < 1.29 is 0 Å². The highest BCUT2D eigenvalue weighted by Crippen LogP contribution is 2.24. The number of hydrogen-bond donors (Lipinski definition) is 2. The van der Waals surface area contributed by atoms with Gasteiger partial charge in [-0.05, 0) is 65.7 Å². The van der Waals surface area contributed by atoms with Crippen LogP contribution in [0.3, 0.4) is 0 Å². The van der Waals surface area contributed by atoms with Gasteiger partial charge < -0.3 is 10.6 Å². The van der Waals surface area contributed by atoms with Crippen molar-refractivity contribution in [1.29, 1.82) is 0 Å². The Morgan fingerprint density at radius 1 is 0.926 bits per heavy atom. The van der Waals surface area contributed by atoms with E-state index in [9.17, 15) is 0 Å². The van der Waals surface area contributed by atoms with Crippen molar-refractivity contribution in [2.24, 2.45) is 0 Å². The average molecular weight is 374 g/mol. The summed E-state index contributed by atoms with van der Waals surface area (Å²) in [5.41, 5.74) is 5.23. The molecule has 3 nitrogen and oxygen atoms in total. The van der Waals surface area contributed by atoms with Gasteiger partial charge in [0, 0.05) is 17.6 Å². The summed E-state index contributed by atoms with van der Waals surface area (Å²) in [6, 6.07) is 22.2. The largest absolute Gasteiger partial charge is 0.332 e. The molecule has 0 aliphatic heterocycles. The second-order valence-electron chi connectivity index (χ2n) is 6.53. The second kappa shape index (κ2) is 9.10. The first kappa shape index (κ1) is 18.8. The minimum Gasteiger partial charge on any atom is -0.332 e. The summed E-state index contributed by atoms with van der Waals surface area (Å²) in [6.45, 7) is 4.35. The Hall–Kier alpha value is -2.98. The number of nitrogens with zero attached hydrogens (tertiary/aromatic N) is 1. The van der Waals surface area contributed by atoms with Crippen LogP contribution < -0.4 is 10.6 Å². The van der Waals surface area contributed by atoms with E-state index in [0.717, 1.165) is 22.6 Å². The fourth-order valence-corrected chi connectivity index (χ4v) is 3.00. The van der Waals surface area contributed by atoms with E-state index < -0.39 is 0 Å². The number of anilines is 2. The lowest BCUT2D eigenvalue weighted by molar-refractivity contribution is 0.869. The first-order valence-corrected chi connectivity index (χ1v) is 9.39. The number of hydrogen-bond acceptors (Lipinski definition) is 2. The summed E-state index contributed by atoms with van der Waals surface area (Å²) in [5.74, 6) is 0.427. The molecule has 1 heterocycles. The van der Waals surface area contributed by atoms with E-state index in [-0.39, 0.29) is 0 Å². The zero-order chi connectivity index (χ0) is 19.1. The molecule has 0 unspecified atom stereocenters. The number of thiocarbonyl (C=S) groups is 1. The van der Waals surface area contributed by atoms with Crippen molar-refractivity contribution in [3.05, 3.63) is 89.7 Å². The maximum atomic E-state index is 5.50. The van der Waals surface area contributed by atoms with Crippen molar-refractivity contribution in [3.8, 4) is 0 Å². The van der Waals surface area contributed by atoms with Crippen molar-refractivity contribution in [2.45, 2.75) is 19.8 Å². The number of para-hydroxylation sites is 1. The molecule has 0 saturated carbocycles. The van der Waals surface area contributed by atoms with Gasteiger partial charge in [0.2, 0.25) is 0 Å². The molecule has 0 amide bonds. The molecule has 27 heavy (non-hydrogen) atoms. The molecule has 0 aliphatic rings. The predicted octanol–water partition coefficient (Wildman–Crippen LogP) is 6.18. The van der Waals surface area contributed by atoms with Gasteiger partial charge in [0.05, 0.1) is 5.69 Å². The standard InChI is InChI=1S/C23H23N3S/c1-17(2)21-11-3-4-12-22(21)26-23(27)25-20-10-7-8-18(16-20)13-14-19-9-5-6-15-24-19/h3-17H,1-2H3,(H2,25,26,27)/b14-13+. The van der Waals surface area contributed by atoms with E-state index in [1.165, 1.54) is 5.56 Å². The second-order valence-corrected chi connectivity index (χ2v) is 6.94. The van der Waals surface area contributed by atoms with Crippen molar-refractivity contribution in [3.63, 3.8) is 0 Å². The topological polar surface area (TPSA) is 37.0 Å². The number of benzene rings is 2. The third-order valence-corrected chi connectivity index (χ3v) is 4.31. The fourth-order valence-electron chi connectivity index (χ4n) is 2.78. The molecule has 0 atom stereocenters. The van der Waals surface area contributed by atoms with Crippen LogP contribution in [0.15, 0.2) is 72.9 Å². The van der Waals surface area contributed by atoms with Crippen LogP contribution in [-0.2, 0) is 0 Å². The van der Waals surface area contributed by atoms with Crippen LogP contribution in [0.1, 0.15) is 36.6 Å². The molecule has 0 aliphatic carbocycles. The summed E-state index contributed by atoms with van der Waals surface area (Å²) >= 11 is 5.50. The van der Waals surface area contributed by atoms with E-state index in [0.29, 0.717) is 11.0 Å². The highest BCUT2D eigenvalue weighted by atomic mass is 32.1. The predicted molar refractivity (Wildman–Crippen MR) is 120 cm³/mol. The third-order valence-electron chi connectivity index (χ3n) is 4.11. The van der Waals surface area contributed by atoms with E-state index in [1.54, 1.807) is 6.20 Å². The van der Waals surface area contributed by atoms with Gasteiger partial charge in [-0.2, -0.15) is 0 Å². The van der Waals surface area contributed by atoms with Gasteiger partial charge in [-0.1, -0.05) is 56.3 Å². The molecule has 0 saturated heterocycles. The Bertz CT molecular complexity index is 933. The van der Waals surface area contributed by atoms with Crippen LogP contribution in [0.2, 0.25) is 0 Å². The first-order chi connectivity index (χ1) is 13.1. The number of rotatable bonds is 5. The van der Waals surface area contributed by atoms with Gasteiger partial charge in [-0.3, -0.25) is 4.98 Å². The van der Waals surface area contributed by atoms with Crippen molar-refractivity contribution in [2.75, 3.05) is 10.6 Å². The van der Waals surface area contributed by atoms with Gasteiger partial charge in [0.15, 0.2) is 5.11 Å². The Kier molecular flexibility index (Phi) is 6.34. The molecular weight excluding hydrogens is 350 g/mol. The zero-order valence-electron chi connectivity index (χ0n) is 15.5.